The molecule has 2 fully saturated rings. The minimum Gasteiger partial charge on any atom is -0.355 e. The van der Waals surface area contributed by atoms with Gasteiger partial charge in [0.1, 0.15) is 0 Å². The van der Waals surface area contributed by atoms with Gasteiger partial charge in [-0.05, 0) is 25.3 Å². The van der Waals surface area contributed by atoms with E-state index in [1.807, 2.05) is 18.0 Å². The zero-order valence-corrected chi connectivity index (χ0v) is 16.3. The minimum atomic E-state index is -0.113. The Bertz CT molecular complexity index is 915. The number of carbonyl (C=O) groups excluding carboxylic acids is 2. The molecule has 1 unspecified atom stereocenters. The zero-order valence-electron chi connectivity index (χ0n) is 16.3. The highest BCUT2D eigenvalue weighted by molar-refractivity contribution is 6.06. The van der Waals surface area contributed by atoms with Crippen LogP contribution in [-0.4, -0.2) is 70.7 Å². The van der Waals surface area contributed by atoms with Crippen molar-refractivity contribution in [3.8, 4) is 0 Å². The number of likely N-dealkylation sites (tertiary alicyclic amines) is 1. The van der Waals surface area contributed by atoms with E-state index in [2.05, 4.69) is 5.32 Å². The number of amides is 3. The molecule has 0 aromatic carbocycles. The molecule has 0 bridgehead atoms. The van der Waals surface area contributed by atoms with Crippen molar-refractivity contribution in [2.45, 2.75) is 31.1 Å². The van der Waals surface area contributed by atoms with Crippen molar-refractivity contribution in [3.63, 3.8) is 0 Å². The van der Waals surface area contributed by atoms with E-state index in [1.165, 1.54) is 0 Å². The molecule has 3 amide bonds. The SMILES string of the molecule is CNC(=O)c1cc(C2CC2)nc2c1c(C1CCN(C(=O)N(C)C)C1)nn2C. The first-order valence-electron chi connectivity index (χ1n) is 9.46. The topological polar surface area (TPSA) is 83.4 Å². The number of hydrogen-bond acceptors (Lipinski definition) is 4. The number of aromatic nitrogens is 3. The summed E-state index contributed by atoms with van der Waals surface area (Å²) in [6.07, 6.45) is 3.09. The van der Waals surface area contributed by atoms with Crippen LogP contribution in [0.1, 0.15) is 52.8 Å². The van der Waals surface area contributed by atoms with Gasteiger partial charge in [0, 0.05) is 58.8 Å². The summed E-state index contributed by atoms with van der Waals surface area (Å²) in [5.41, 5.74) is 3.25. The Labute approximate surface area is 158 Å². The average molecular weight is 370 g/mol. The number of nitrogens with one attached hydrogen (secondary N) is 1. The third kappa shape index (κ3) is 3.02. The molecule has 144 valence electrons. The summed E-state index contributed by atoms with van der Waals surface area (Å²) in [5, 5.41) is 8.31. The fourth-order valence-electron chi connectivity index (χ4n) is 3.92. The maximum Gasteiger partial charge on any atom is 0.319 e. The highest BCUT2D eigenvalue weighted by Gasteiger charge is 2.34. The Morgan fingerprint density at radius 2 is 1.96 bits per heavy atom. The highest BCUT2D eigenvalue weighted by Crippen LogP contribution is 2.41. The standard InChI is InChI=1S/C19H26N6O2/c1-20-18(26)13-9-14(11-5-6-11)21-17-15(13)16(22-24(17)4)12-7-8-25(10-12)19(27)23(2)3/h9,11-12H,5-8,10H2,1-4H3,(H,20,26). The Morgan fingerprint density at radius 1 is 1.22 bits per heavy atom. The first-order chi connectivity index (χ1) is 12.9. The molecule has 1 saturated heterocycles. The fourth-order valence-corrected chi connectivity index (χ4v) is 3.92. The van der Waals surface area contributed by atoms with Crippen molar-refractivity contribution in [2.75, 3.05) is 34.2 Å². The van der Waals surface area contributed by atoms with E-state index >= 15 is 0 Å². The number of pyridine rings is 1. The molecule has 1 atom stereocenters. The zero-order chi connectivity index (χ0) is 19.3. The van der Waals surface area contributed by atoms with E-state index in [1.54, 1.807) is 30.7 Å². The normalized spacial score (nSPS) is 19.6. The summed E-state index contributed by atoms with van der Waals surface area (Å²) in [7, 11) is 7.05. The molecule has 8 heteroatoms. The monoisotopic (exact) mass is 370 g/mol. The number of rotatable bonds is 3. The van der Waals surface area contributed by atoms with E-state index in [0.29, 0.717) is 24.6 Å². The van der Waals surface area contributed by atoms with Crippen molar-refractivity contribution in [3.05, 3.63) is 23.0 Å². The molecular weight excluding hydrogens is 344 g/mol. The van der Waals surface area contributed by atoms with Crippen LogP contribution < -0.4 is 5.32 Å². The van der Waals surface area contributed by atoms with E-state index in [0.717, 1.165) is 41.7 Å². The predicted molar refractivity (Wildman–Crippen MR) is 102 cm³/mol. The molecule has 1 N–H and O–H groups in total. The van der Waals surface area contributed by atoms with Gasteiger partial charge in [0.25, 0.3) is 5.91 Å². The molecule has 0 spiro atoms. The van der Waals surface area contributed by atoms with Gasteiger partial charge in [-0.2, -0.15) is 5.10 Å². The van der Waals surface area contributed by atoms with Gasteiger partial charge in [-0.25, -0.2) is 9.78 Å². The molecule has 1 aliphatic heterocycles. The second-order valence-electron chi connectivity index (χ2n) is 7.76. The number of carbonyl (C=O) groups is 2. The summed E-state index contributed by atoms with van der Waals surface area (Å²) >= 11 is 0. The highest BCUT2D eigenvalue weighted by atomic mass is 16.2. The molecule has 1 aliphatic carbocycles. The first kappa shape index (κ1) is 17.8. The Balaban J connectivity index is 1.78. The van der Waals surface area contributed by atoms with E-state index in [-0.39, 0.29) is 17.9 Å². The van der Waals surface area contributed by atoms with E-state index in [4.69, 9.17) is 10.1 Å². The van der Waals surface area contributed by atoms with Crippen LogP contribution >= 0.6 is 0 Å². The Morgan fingerprint density at radius 3 is 2.59 bits per heavy atom. The second kappa shape index (κ2) is 6.51. The van der Waals surface area contributed by atoms with Gasteiger partial charge in [0.15, 0.2) is 5.65 Å². The third-order valence-electron chi connectivity index (χ3n) is 5.54. The predicted octanol–water partition coefficient (Wildman–Crippen LogP) is 1.68. The Hall–Kier alpha value is -2.64. The van der Waals surface area contributed by atoms with Crippen LogP contribution in [0, 0.1) is 0 Å². The molecule has 8 nitrogen and oxygen atoms in total. The van der Waals surface area contributed by atoms with Crippen molar-refractivity contribution in [1.29, 1.82) is 0 Å². The molecule has 2 aromatic rings. The van der Waals surface area contributed by atoms with Crippen LogP contribution in [0.4, 0.5) is 4.79 Å². The van der Waals surface area contributed by atoms with Crippen LogP contribution in [0.25, 0.3) is 11.0 Å². The number of fused-ring (bicyclic) bond motifs is 1. The van der Waals surface area contributed by atoms with Gasteiger partial charge < -0.3 is 15.1 Å². The summed E-state index contributed by atoms with van der Waals surface area (Å²) in [5.74, 6) is 0.447. The van der Waals surface area contributed by atoms with Gasteiger partial charge in [0.05, 0.1) is 16.6 Å². The smallest absolute Gasteiger partial charge is 0.319 e. The molecule has 2 aliphatic rings. The largest absolute Gasteiger partial charge is 0.355 e. The molecule has 1 saturated carbocycles. The lowest BCUT2D eigenvalue weighted by molar-refractivity contribution is 0.0964. The van der Waals surface area contributed by atoms with Gasteiger partial charge >= 0.3 is 6.03 Å². The van der Waals surface area contributed by atoms with Crippen LogP contribution in [0.2, 0.25) is 0 Å². The average Bonchev–Trinajstić information content (AvgIpc) is 3.31. The molecular formula is C19H26N6O2. The molecule has 2 aromatic heterocycles. The van der Waals surface area contributed by atoms with Crippen molar-refractivity contribution in [2.24, 2.45) is 7.05 Å². The summed E-state index contributed by atoms with van der Waals surface area (Å²) in [6.45, 7) is 1.31. The van der Waals surface area contributed by atoms with Crippen molar-refractivity contribution >= 4 is 23.0 Å². The van der Waals surface area contributed by atoms with Crippen LogP contribution in [0.15, 0.2) is 6.07 Å². The number of aryl methyl sites for hydroxylation is 1. The van der Waals surface area contributed by atoms with Crippen LogP contribution in [0.5, 0.6) is 0 Å². The second-order valence-corrected chi connectivity index (χ2v) is 7.76. The third-order valence-corrected chi connectivity index (χ3v) is 5.54. The maximum atomic E-state index is 12.6. The van der Waals surface area contributed by atoms with Crippen LogP contribution in [-0.2, 0) is 7.05 Å². The lowest BCUT2D eigenvalue weighted by Crippen LogP contribution is -2.37. The Kier molecular flexibility index (Phi) is 4.28. The lowest BCUT2D eigenvalue weighted by Gasteiger charge is -2.21. The molecule has 27 heavy (non-hydrogen) atoms. The summed E-state index contributed by atoms with van der Waals surface area (Å²) < 4.78 is 1.78. The molecule has 0 radical (unpaired) electrons. The minimum absolute atomic E-state index is 0.0124. The van der Waals surface area contributed by atoms with E-state index < -0.39 is 0 Å². The lowest BCUT2D eigenvalue weighted by atomic mass is 9.98. The van der Waals surface area contributed by atoms with Gasteiger partial charge in [0.2, 0.25) is 0 Å². The van der Waals surface area contributed by atoms with Crippen LogP contribution in [0.3, 0.4) is 0 Å². The van der Waals surface area contributed by atoms with Gasteiger partial charge in [-0.15, -0.1) is 0 Å². The van der Waals surface area contributed by atoms with Gasteiger partial charge in [-0.3, -0.25) is 9.48 Å². The fraction of sp³-hybridized carbons (Fsp3) is 0.579. The summed E-state index contributed by atoms with van der Waals surface area (Å²) in [6, 6.07) is 1.94. The number of hydrogen-bond donors (Lipinski definition) is 1. The van der Waals surface area contributed by atoms with E-state index in [9.17, 15) is 9.59 Å². The maximum absolute atomic E-state index is 12.6. The molecule has 3 heterocycles. The first-order valence-corrected chi connectivity index (χ1v) is 9.46. The van der Waals surface area contributed by atoms with Gasteiger partial charge in [-0.1, -0.05) is 0 Å². The number of nitrogens with zero attached hydrogens (tertiary/aromatic N) is 5. The summed E-state index contributed by atoms with van der Waals surface area (Å²) in [4.78, 5) is 33.2. The molecule has 4 rings (SSSR count). The quantitative estimate of drug-likeness (QED) is 0.891. The van der Waals surface area contributed by atoms with Crippen molar-refractivity contribution in [1.82, 2.24) is 29.9 Å². The van der Waals surface area contributed by atoms with Crippen molar-refractivity contribution < 1.29 is 9.59 Å². The number of urea groups is 1.